The number of primary amides is 1. The van der Waals surface area contributed by atoms with Gasteiger partial charge >= 0.3 is 0 Å². The quantitative estimate of drug-likeness (QED) is 0.720. The molecule has 3 N–H and O–H groups in total. The van der Waals surface area contributed by atoms with Gasteiger partial charge in [0.15, 0.2) is 0 Å². The monoisotopic (exact) mass is 248 g/mol. The van der Waals surface area contributed by atoms with Gasteiger partial charge in [-0.05, 0) is 31.5 Å². The average Bonchev–Trinajstić information content (AvgIpc) is 2.35. The summed E-state index contributed by atoms with van der Waals surface area (Å²) >= 11 is 0. The Balaban J connectivity index is 2.53. The molecule has 1 aromatic carbocycles. The van der Waals surface area contributed by atoms with Crippen LogP contribution < -0.4 is 15.8 Å². The van der Waals surface area contributed by atoms with Crippen LogP contribution in [0.3, 0.4) is 0 Å². The minimum Gasteiger partial charge on any atom is -0.490 e. The van der Waals surface area contributed by atoms with Crippen molar-refractivity contribution in [2.75, 3.05) is 6.61 Å². The molecule has 0 unspecified atom stereocenters. The van der Waals surface area contributed by atoms with Gasteiger partial charge < -0.3 is 10.5 Å². The van der Waals surface area contributed by atoms with Gasteiger partial charge in [0.25, 0.3) is 0 Å². The zero-order chi connectivity index (χ0) is 13.6. The van der Waals surface area contributed by atoms with E-state index in [1.165, 1.54) is 0 Å². The molecule has 0 aliphatic heterocycles. The number of hydrogen-bond donors (Lipinski definition) is 2. The molecule has 0 radical (unpaired) electrons. The highest BCUT2D eigenvalue weighted by atomic mass is 16.5. The first-order chi connectivity index (χ1) is 8.45. The number of benzene rings is 1. The fourth-order valence-corrected chi connectivity index (χ4v) is 1.27. The van der Waals surface area contributed by atoms with Crippen LogP contribution in [-0.4, -0.2) is 18.1 Å². The summed E-state index contributed by atoms with van der Waals surface area (Å²) in [6.45, 7) is 8.18. The molecule has 4 heteroatoms. The van der Waals surface area contributed by atoms with Crippen LogP contribution in [0.1, 0.15) is 19.4 Å². The van der Waals surface area contributed by atoms with Crippen molar-refractivity contribution in [3.05, 3.63) is 42.5 Å². The Morgan fingerprint density at radius 3 is 2.56 bits per heavy atom. The van der Waals surface area contributed by atoms with Crippen LogP contribution in [0.4, 0.5) is 0 Å². The molecule has 18 heavy (non-hydrogen) atoms. The molecule has 0 atom stereocenters. The second kappa shape index (κ2) is 6.21. The molecule has 0 fully saturated rings. The Morgan fingerprint density at radius 1 is 1.44 bits per heavy atom. The van der Waals surface area contributed by atoms with E-state index < -0.39 is 5.54 Å². The van der Waals surface area contributed by atoms with Gasteiger partial charge in [0.05, 0.1) is 5.54 Å². The Labute approximate surface area is 108 Å². The summed E-state index contributed by atoms with van der Waals surface area (Å²) in [5.41, 5.74) is 5.64. The van der Waals surface area contributed by atoms with Crippen molar-refractivity contribution in [3.63, 3.8) is 0 Å². The summed E-state index contributed by atoms with van der Waals surface area (Å²) in [5.74, 6) is 0.432. The van der Waals surface area contributed by atoms with Gasteiger partial charge in [-0.2, -0.15) is 0 Å². The maximum atomic E-state index is 11.1. The van der Waals surface area contributed by atoms with Crippen LogP contribution in [0.2, 0.25) is 0 Å². The molecule has 4 nitrogen and oxygen atoms in total. The lowest BCUT2D eigenvalue weighted by Crippen LogP contribution is -2.50. The number of carbonyl (C=O) groups is 1. The molecule has 0 saturated carbocycles. The van der Waals surface area contributed by atoms with Gasteiger partial charge in [-0.3, -0.25) is 10.1 Å². The summed E-state index contributed by atoms with van der Waals surface area (Å²) in [4.78, 5) is 11.1. The van der Waals surface area contributed by atoms with Gasteiger partial charge in [0.2, 0.25) is 5.91 Å². The molecule has 0 heterocycles. The van der Waals surface area contributed by atoms with Gasteiger partial charge in [0.1, 0.15) is 12.4 Å². The second-order valence-electron chi connectivity index (χ2n) is 4.59. The summed E-state index contributed by atoms with van der Waals surface area (Å²) in [5, 5.41) is 3.11. The predicted octanol–water partition coefficient (Wildman–Crippen LogP) is 1.60. The number of carbonyl (C=O) groups excluding carboxylic acids is 1. The summed E-state index contributed by atoms with van der Waals surface area (Å²) in [7, 11) is 0. The Bertz CT molecular complexity index is 410. The van der Waals surface area contributed by atoms with Crippen molar-refractivity contribution >= 4 is 5.91 Å². The van der Waals surface area contributed by atoms with Crippen molar-refractivity contribution in [3.8, 4) is 5.75 Å². The van der Waals surface area contributed by atoms with Gasteiger partial charge in [0, 0.05) is 6.54 Å². The zero-order valence-corrected chi connectivity index (χ0v) is 10.9. The van der Waals surface area contributed by atoms with E-state index in [4.69, 9.17) is 10.5 Å². The Kier molecular flexibility index (Phi) is 4.92. The molecule has 1 aromatic rings. The Hall–Kier alpha value is -1.81. The number of hydrogen-bond acceptors (Lipinski definition) is 3. The highest BCUT2D eigenvalue weighted by Crippen LogP contribution is 2.13. The summed E-state index contributed by atoms with van der Waals surface area (Å²) < 4.78 is 5.38. The first-order valence-corrected chi connectivity index (χ1v) is 5.83. The molecule has 1 rings (SSSR count). The minimum atomic E-state index is -0.710. The third-order valence-electron chi connectivity index (χ3n) is 2.64. The highest BCUT2D eigenvalue weighted by molar-refractivity contribution is 5.83. The molecule has 0 aliphatic rings. The van der Waals surface area contributed by atoms with Crippen molar-refractivity contribution < 1.29 is 9.53 Å². The third kappa shape index (κ3) is 4.22. The van der Waals surface area contributed by atoms with E-state index in [1.54, 1.807) is 19.9 Å². The first-order valence-electron chi connectivity index (χ1n) is 5.83. The lowest BCUT2D eigenvalue weighted by atomic mass is 10.0. The van der Waals surface area contributed by atoms with Gasteiger partial charge in [-0.15, -0.1) is 0 Å². The third-order valence-corrected chi connectivity index (χ3v) is 2.64. The fraction of sp³-hybridized carbons (Fsp3) is 0.357. The summed E-state index contributed by atoms with van der Waals surface area (Å²) in [6, 6.07) is 7.67. The molecule has 0 spiro atoms. The van der Waals surface area contributed by atoms with E-state index >= 15 is 0 Å². The van der Waals surface area contributed by atoms with Gasteiger partial charge in [-0.25, -0.2) is 0 Å². The lowest BCUT2D eigenvalue weighted by molar-refractivity contribution is -0.123. The second-order valence-corrected chi connectivity index (χ2v) is 4.59. The van der Waals surface area contributed by atoms with Crippen molar-refractivity contribution in [1.29, 1.82) is 0 Å². The van der Waals surface area contributed by atoms with Crippen molar-refractivity contribution in [1.82, 2.24) is 5.32 Å². The number of amides is 1. The maximum Gasteiger partial charge on any atom is 0.237 e. The van der Waals surface area contributed by atoms with Crippen LogP contribution >= 0.6 is 0 Å². The average molecular weight is 248 g/mol. The minimum absolute atomic E-state index is 0.367. The smallest absolute Gasteiger partial charge is 0.237 e. The van der Waals surface area contributed by atoms with Crippen LogP contribution in [0.25, 0.3) is 0 Å². The van der Waals surface area contributed by atoms with E-state index in [0.29, 0.717) is 13.2 Å². The molecular weight excluding hydrogens is 228 g/mol. The van der Waals surface area contributed by atoms with E-state index in [2.05, 4.69) is 11.9 Å². The predicted molar refractivity (Wildman–Crippen MR) is 72.2 cm³/mol. The number of ether oxygens (including phenoxy) is 1. The largest absolute Gasteiger partial charge is 0.490 e. The topological polar surface area (TPSA) is 64.3 Å². The molecule has 0 saturated heterocycles. The molecule has 1 amide bonds. The Morgan fingerprint density at radius 2 is 2.06 bits per heavy atom. The molecular formula is C14H20N2O2. The lowest BCUT2D eigenvalue weighted by Gasteiger charge is -2.22. The van der Waals surface area contributed by atoms with Crippen LogP contribution in [0.5, 0.6) is 5.75 Å². The van der Waals surface area contributed by atoms with Gasteiger partial charge in [-0.1, -0.05) is 24.8 Å². The molecule has 0 aromatic heterocycles. The SMILES string of the molecule is C=CCOc1ccc(CNC(C)(C)C(N)=O)cc1. The molecule has 0 aliphatic carbocycles. The van der Waals surface area contributed by atoms with Crippen LogP contribution in [0.15, 0.2) is 36.9 Å². The van der Waals surface area contributed by atoms with E-state index in [1.807, 2.05) is 24.3 Å². The molecule has 0 bridgehead atoms. The van der Waals surface area contributed by atoms with Crippen LogP contribution in [-0.2, 0) is 11.3 Å². The number of rotatable bonds is 7. The molecule has 98 valence electrons. The number of nitrogens with one attached hydrogen (secondary N) is 1. The van der Waals surface area contributed by atoms with Crippen LogP contribution in [0, 0.1) is 0 Å². The standard InChI is InChI=1S/C14H20N2O2/c1-4-9-18-12-7-5-11(6-8-12)10-16-14(2,3)13(15)17/h4-8,16H,1,9-10H2,2-3H3,(H2,15,17). The maximum absolute atomic E-state index is 11.1. The number of nitrogens with two attached hydrogens (primary N) is 1. The van der Waals surface area contributed by atoms with E-state index in [0.717, 1.165) is 11.3 Å². The van der Waals surface area contributed by atoms with E-state index in [-0.39, 0.29) is 5.91 Å². The van der Waals surface area contributed by atoms with Crippen molar-refractivity contribution in [2.24, 2.45) is 5.73 Å². The zero-order valence-electron chi connectivity index (χ0n) is 10.9. The highest BCUT2D eigenvalue weighted by Gasteiger charge is 2.23. The first kappa shape index (κ1) is 14.3. The fourth-order valence-electron chi connectivity index (χ4n) is 1.27. The normalized spacial score (nSPS) is 11.0. The summed E-state index contributed by atoms with van der Waals surface area (Å²) in [6.07, 6.45) is 1.70. The van der Waals surface area contributed by atoms with E-state index in [9.17, 15) is 4.79 Å². The van der Waals surface area contributed by atoms with Crippen molar-refractivity contribution in [2.45, 2.75) is 25.9 Å².